The SMILES string of the molecule is Cl.Cl.Cl.Cl.[H-].[H-].[K+].[K+]. The molecule has 0 aromatic heterocycles. The van der Waals surface area contributed by atoms with Gasteiger partial charge in [0.2, 0.25) is 0 Å². The van der Waals surface area contributed by atoms with Gasteiger partial charge in [-0.1, -0.05) is 0 Å². The number of halogens is 4. The van der Waals surface area contributed by atoms with Gasteiger partial charge < -0.3 is 2.85 Å². The fourth-order valence-corrected chi connectivity index (χ4v) is 0. The number of hydrogen-bond acceptors (Lipinski definition) is 0. The molecule has 0 fully saturated rings. The van der Waals surface area contributed by atoms with Crippen LogP contribution >= 0.6 is 49.6 Å². The zero-order valence-corrected chi connectivity index (χ0v) is 13.1. The number of hydrogen-bond donors (Lipinski definition) is 0. The van der Waals surface area contributed by atoms with E-state index < -0.39 is 0 Å². The van der Waals surface area contributed by atoms with E-state index in [2.05, 4.69) is 0 Å². The zero-order chi connectivity index (χ0) is 0. The molecule has 36 valence electrons. The third-order valence-electron chi connectivity index (χ3n) is 0. The van der Waals surface area contributed by atoms with Crippen LogP contribution in [-0.4, -0.2) is 0 Å². The van der Waals surface area contributed by atoms with Gasteiger partial charge in [0, 0.05) is 0 Å². The van der Waals surface area contributed by atoms with E-state index in [1.165, 1.54) is 0 Å². The Hall–Kier alpha value is 4.43. The maximum Gasteiger partial charge on any atom is 1.00 e. The van der Waals surface area contributed by atoms with E-state index in [1.54, 1.807) is 0 Å². The van der Waals surface area contributed by atoms with Gasteiger partial charge in [0.1, 0.15) is 0 Å². The number of rotatable bonds is 0. The van der Waals surface area contributed by atoms with E-state index in [4.69, 9.17) is 0 Å². The molecule has 0 saturated heterocycles. The van der Waals surface area contributed by atoms with E-state index in [1.807, 2.05) is 0 Å². The Bertz CT molecular complexity index is 12.0. The molecule has 0 rings (SSSR count). The Balaban J connectivity index is 0. The minimum atomic E-state index is 0. The van der Waals surface area contributed by atoms with Gasteiger partial charge in [-0.25, -0.2) is 0 Å². The minimum Gasteiger partial charge on any atom is -1.00 e. The van der Waals surface area contributed by atoms with Crippen molar-refractivity contribution < 1.29 is 106 Å². The van der Waals surface area contributed by atoms with Crippen LogP contribution in [0.5, 0.6) is 0 Å². The van der Waals surface area contributed by atoms with Gasteiger partial charge in [-0.3, -0.25) is 0 Å². The zero-order valence-electron chi connectivity index (χ0n) is 5.63. The van der Waals surface area contributed by atoms with Crippen LogP contribution in [0.4, 0.5) is 0 Å². The molecule has 0 aromatic carbocycles. The molecule has 6 heavy (non-hydrogen) atoms. The average molecular weight is 226 g/mol. The largest absolute Gasteiger partial charge is 1.00 e. The summed E-state index contributed by atoms with van der Waals surface area (Å²) in [5.41, 5.74) is 0. The van der Waals surface area contributed by atoms with Crippen LogP contribution < -0.4 is 103 Å². The van der Waals surface area contributed by atoms with Gasteiger partial charge in [0.05, 0.1) is 0 Å². The summed E-state index contributed by atoms with van der Waals surface area (Å²) in [5.74, 6) is 0. The van der Waals surface area contributed by atoms with E-state index in [0.29, 0.717) is 0 Å². The van der Waals surface area contributed by atoms with Gasteiger partial charge in [-0.2, -0.15) is 0 Å². The molecule has 0 nitrogen and oxygen atoms in total. The molecule has 0 atom stereocenters. The molecular formula is H6Cl4K2. The van der Waals surface area contributed by atoms with Crippen molar-refractivity contribution in [3.05, 3.63) is 0 Å². The second kappa shape index (κ2) is 34.1. The van der Waals surface area contributed by atoms with Crippen molar-refractivity contribution in [2.75, 3.05) is 0 Å². The van der Waals surface area contributed by atoms with Crippen molar-refractivity contribution in [3.8, 4) is 0 Å². The molecule has 0 N–H and O–H groups in total. The Morgan fingerprint density at radius 2 is 0.500 bits per heavy atom. The van der Waals surface area contributed by atoms with Crippen molar-refractivity contribution in [3.63, 3.8) is 0 Å². The Labute approximate surface area is 151 Å². The molecule has 0 saturated carbocycles. The average Bonchev–Trinajstić information content (AvgIpc) is 0. The van der Waals surface area contributed by atoms with E-state index in [-0.39, 0.29) is 155 Å². The smallest absolute Gasteiger partial charge is 1.00 e. The standard InChI is InChI=1S/4ClH.2K.2H/h4*1H;;;;/q;;;;2*+1;2*-1. The third kappa shape index (κ3) is 23.7. The molecule has 0 bridgehead atoms. The van der Waals surface area contributed by atoms with Crippen LogP contribution in [0.2, 0.25) is 0 Å². The summed E-state index contributed by atoms with van der Waals surface area (Å²) in [6, 6.07) is 0. The molecule has 0 radical (unpaired) electrons. The molecule has 0 aliphatic carbocycles. The first-order chi connectivity index (χ1) is 0. The summed E-state index contributed by atoms with van der Waals surface area (Å²) in [6.45, 7) is 0. The van der Waals surface area contributed by atoms with Crippen molar-refractivity contribution >= 4 is 49.6 Å². The fraction of sp³-hybridized carbons (Fsp3) is 0. The van der Waals surface area contributed by atoms with Gasteiger partial charge in [0.15, 0.2) is 0 Å². The Morgan fingerprint density at radius 1 is 0.500 bits per heavy atom. The fourth-order valence-electron chi connectivity index (χ4n) is 0. The van der Waals surface area contributed by atoms with Crippen LogP contribution in [0.25, 0.3) is 0 Å². The van der Waals surface area contributed by atoms with Gasteiger partial charge in [0.25, 0.3) is 0 Å². The van der Waals surface area contributed by atoms with Crippen LogP contribution in [0.1, 0.15) is 2.85 Å². The summed E-state index contributed by atoms with van der Waals surface area (Å²) in [5, 5.41) is 0. The molecule has 0 aromatic rings. The molecule has 0 amide bonds. The molecule has 0 aliphatic heterocycles. The van der Waals surface area contributed by atoms with Crippen molar-refractivity contribution in [1.29, 1.82) is 0 Å². The maximum absolute atomic E-state index is 0. The monoisotopic (exact) mass is 224 g/mol. The van der Waals surface area contributed by atoms with Gasteiger partial charge >= 0.3 is 103 Å². The Kier molecular flexibility index (Phi) is 269. The summed E-state index contributed by atoms with van der Waals surface area (Å²) in [4.78, 5) is 0. The topological polar surface area (TPSA) is 0 Å². The molecule has 0 unspecified atom stereocenters. The third-order valence-corrected chi connectivity index (χ3v) is 0. The molecule has 0 spiro atoms. The second-order valence-electron chi connectivity index (χ2n) is 0. The summed E-state index contributed by atoms with van der Waals surface area (Å²) >= 11 is 0. The van der Waals surface area contributed by atoms with Crippen molar-refractivity contribution in [2.45, 2.75) is 0 Å². The molecule has 0 aliphatic rings. The Morgan fingerprint density at radius 3 is 0.500 bits per heavy atom. The van der Waals surface area contributed by atoms with E-state index in [0.717, 1.165) is 0 Å². The summed E-state index contributed by atoms with van der Waals surface area (Å²) in [6.07, 6.45) is 0. The molecular weight excluding hydrogens is 220 g/mol. The van der Waals surface area contributed by atoms with E-state index >= 15 is 0 Å². The first-order valence-corrected chi connectivity index (χ1v) is 0. The van der Waals surface area contributed by atoms with Crippen LogP contribution in [0.15, 0.2) is 0 Å². The van der Waals surface area contributed by atoms with Crippen LogP contribution in [0.3, 0.4) is 0 Å². The first kappa shape index (κ1) is 47.2. The first-order valence-electron chi connectivity index (χ1n) is 0. The predicted octanol–water partition coefficient (Wildman–Crippen LogP) is -4.08. The van der Waals surface area contributed by atoms with Crippen LogP contribution in [0, 0.1) is 0 Å². The summed E-state index contributed by atoms with van der Waals surface area (Å²) in [7, 11) is 0. The van der Waals surface area contributed by atoms with E-state index in [9.17, 15) is 0 Å². The van der Waals surface area contributed by atoms with Gasteiger partial charge in [-0.15, -0.1) is 49.6 Å². The second-order valence-corrected chi connectivity index (χ2v) is 0. The minimum absolute atomic E-state index is 0. The quantitative estimate of drug-likeness (QED) is 0.368. The van der Waals surface area contributed by atoms with Crippen molar-refractivity contribution in [2.24, 2.45) is 0 Å². The summed E-state index contributed by atoms with van der Waals surface area (Å²) < 4.78 is 0. The van der Waals surface area contributed by atoms with Gasteiger partial charge in [-0.05, 0) is 0 Å². The maximum atomic E-state index is 0. The van der Waals surface area contributed by atoms with Crippen LogP contribution in [-0.2, 0) is 0 Å². The van der Waals surface area contributed by atoms with Crippen molar-refractivity contribution in [1.82, 2.24) is 0 Å². The molecule has 0 heterocycles. The molecule has 6 heteroatoms. The normalized spacial score (nSPS) is 0. The predicted molar refractivity (Wildman–Crippen MR) is 31.2 cm³/mol.